The van der Waals surface area contributed by atoms with Gasteiger partial charge in [-0.1, -0.05) is 18.5 Å². The summed E-state index contributed by atoms with van der Waals surface area (Å²) in [4.78, 5) is 14.1. The number of rotatable bonds is 3. The van der Waals surface area contributed by atoms with Crippen LogP contribution in [-0.4, -0.2) is 16.1 Å². The Hall–Kier alpha value is -1.48. The molecule has 0 saturated heterocycles. The molecule has 1 aromatic heterocycles. The minimum atomic E-state index is -0.802. The van der Waals surface area contributed by atoms with Gasteiger partial charge in [-0.15, -0.1) is 0 Å². The molecule has 1 atom stereocenters. The standard InChI is InChI=1S/C13H14ClNO2/c1-7(13(16)17)3-9-6-12-10(5-11(9)14)4-8(2)15-12/h4-7,15H,3H2,1-2H3,(H,16,17). The van der Waals surface area contributed by atoms with Crippen molar-refractivity contribution >= 4 is 28.5 Å². The second-order valence-electron chi connectivity index (χ2n) is 4.43. The van der Waals surface area contributed by atoms with Gasteiger partial charge in [-0.05, 0) is 37.1 Å². The van der Waals surface area contributed by atoms with Crippen molar-refractivity contribution in [2.24, 2.45) is 5.92 Å². The van der Waals surface area contributed by atoms with Crippen LogP contribution in [0.3, 0.4) is 0 Å². The summed E-state index contributed by atoms with van der Waals surface area (Å²) in [5.74, 6) is -1.23. The molecule has 0 spiro atoms. The van der Waals surface area contributed by atoms with E-state index in [9.17, 15) is 4.79 Å². The van der Waals surface area contributed by atoms with Crippen LogP contribution in [0.2, 0.25) is 5.02 Å². The molecular weight excluding hydrogens is 238 g/mol. The van der Waals surface area contributed by atoms with Crippen molar-refractivity contribution in [3.05, 3.63) is 34.5 Å². The Morgan fingerprint density at radius 2 is 2.18 bits per heavy atom. The number of fused-ring (bicyclic) bond motifs is 1. The number of aromatic amines is 1. The van der Waals surface area contributed by atoms with Crippen LogP contribution in [0.1, 0.15) is 18.2 Å². The van der Waals surface area contributed by atoms with Gasteiger partial charge in [-0.3, -0.25) is 4.79 Å². The molecule has 0 radical (unpaired) electrons. The van der Waals surface area contributed by atoms with Gasteiger partial charge in [0.1, 0.15) is 0 Å². The highest BCUT2D eigenvalue weighted by molar-refractivity contribution is 6.32. The predicted octanol–water partition coefficient (Wildman–Crippen LogP) is 3.39. The van der Waals surface area contributed by atoms with Crippen LogP contribution in [-0.2, 0) is 11.2 Å². The van der Waals surface area contributed by atoms with Gasteiger partial charge in [0, 0.05) is 21.6 Å². The highest BCUT2D eigenvalue weighted by atomic mass is 35.5. The lowest BCUT2D eigenvalue weighted by molar-refractivity contribution is -0.141. The zero-order valence-electron chi connectivity index (χ0n) is 9.75. The van der Waals surface area contributed by atoms with Crippen LogP contribution in [0.15, 0.2) is 18.2 Å². The van der Waals surface area contributed by atoms with Crippen molar-refractivity contribution in [2.45, 2.75) is 20.3 Å². The summed E-state index contributed by atoms with van der Waals surface area (Å²) in [5.41, 5.74) is 2.94. The topological polar surface area (TPSA) is 53.1 Å². The quantitative estimate of drug-likeness (QED) is 0.879. The summed E-state index contributed by atoms with van der Waals surface area (Å²) in [7, 11) is 0. The minimum absolute atomic E-state index is 0.430. The van der Waals surface area contributed by atoms with E-state index in [1.165, 1.54) is 0 Å². The number of carbonyl (C=O) groups is 1. The average Bonchev–Trinajstić information content (AvgIpc) is 2.57. The van der Waals surface area contributed by atoms with E-state index in [1.54, 1.807) is 6.92 Å². The summed E-state index contributed by atoms with van der Waals surface area (Å²) < 4.78 is 0. The molecule has 0 aliphatic carbocycles. The SMILES string of the molecule is Cc1cc2cc(Cl)c(CC(C)C(=O)O)cc2[nH]1. The van der Waals surface area contributed by atoms with Crippen LogP contribution < -0.4 is 0 Å². The van der Waals surface area contributed by atoms with Crippen LogP contribution in [0.25, 0.3) is 10.9 Å². The molecule has 17 heavy (non-hydrogen) atoms. The Morgan fingerprint density at radius 1 is 1.47 bits per heavy atom. The fraction of sp³-hybridized carbons (Fsp3) is 0.308. The summed E-state index contributed by atoms with van der Waals surface area (Å²) >= 11 is 6.15. The minimum Gasteiger partial charge on any atom is -0.481 e. The number of aryl methyl sites for hydroxylation is 1. The van der Waals surface area contributed by atoms with Gasteiger partial charge in [-0.2, -0.15) is 0 Å². The van der Waals surface area contributed by atoms with Gasteiger partial charge >= 0.3 is 5.97 Å². The Balaban J connectivity index is 2.40. The monoisotopic (exact) mass is 251 g/mol. The third-order valence-electron chi connectivity index (χ3n) is 2.87. The van der Waals surface area contributed by atoms with Crippen molar-refractivity contribution in [1.29, 1.82) is 0 Å². The highest BCUT2D eigenvalue weighted by Gasteiger charge is 2.14. The van der Waals surface area contributed by atoms with Crippen LogP contribution in [0.5, 0.6) is 0 Å². The maximum Gasteiger partial charge on any atom is 0.306 e. The first-order valence-electron chi connectivity index (χ1n) is 5.48. The molecule has 0 amide bonds. The average molecular weight is 252 g/mol. The number of nitrogens with one attached hydrogen (secondary N) is 1. The third-order valence-corrected chi connectivity index (χ3v) is 3.22. The Kier molecular flexibility index (Phi) is 3.11. The first kappa shape index (κ1) is 12.0. The van der Waals surface area contributed by atoms with E-state index in [2.05, 4.69) is 4.98 Å². The lowest BCUT2D eigenvalue weighted by Gasteiger charge is -2.08. The molecular formula is C13H14ClNO2. The van der Waals surface area contributed by atoms with Crippen molar-refractivity contribution in [3.8, 4) is 0 Å². The normalized spacial score (nSPS) is 12.9. The van der Waals surface area contributed by atoms with Crippen molar-refractivity contribution in [2.75, 3.05) is 0 Å². The molecule has 1 aromatic carbocycles. The van der Waals surface area contributed by atoms with E-state index in [1.807, 2.05) is 25.1 Å². The zero-order chi connectivity index (χ0) is 12.6. The summed E-state index contributed by atoms with van der Waals surface area (Å²) in [5, 5.41) is 10.6. The van der Waals surface area contributed by atoms with E-state index < -0.39 is 11.9 Å². The van der Waals surface area contributed by atoms with Gasteiger partial charge in [-0.25, -0.2) is 0 Å². The second-order valence-corrected chi connectivity index (χ2v) is 4.83. The molecule has 4 heteroatoms. The van der Waals surface area contributed by atoms with E-state index in [4.69, 9.17) is 16.7 Å². The van der Waals surface area contributed by atoms with Gasteiger partial charge in [0.15, 0.2) is 0 Å². The van der Waals surface area contributed by atoms with E-state index in [0.29, 0.717) is 11.4 Å². The molecule has 1 heterocycles. The number of aromatic nitrogens is 1. The first-order chi connectivity index (χ1) is 7.97. The second kappa shape index (κ2) is 4.41. The summed E-state index contributed by atoms with van der Waals surface area (Å²) in [6.45, 7) is 3.66. The molecule has 2 aromatic rings. The van der Waals surface area contributed by atoms with Gasteiger partial charge in [0.25, 0.3) is 0 Å². The van der Waals surface area contributed by atoms with E-state index in [0.717, 1.165) is 22.2 Å². The number of hydrogen-bond acceptors (Lipinski definition) is 1. The van der Waals surface area contributed by atoms with E-state index >= 15 is 0 Å². The first-order valence-corrected chi connectivity index (χ1v) is 5.85. The fourth-order valence-corrected chi connectivity index (χ4v) is 2.17. The fourth-order valence-electron chi connectivity index (χ4n) is 1.92. The summed E-state index contributed by atoms with van der Waals surface area (Å²) in [6, 6.07) is 5.83. The van der Waals surface area contributed by atoms with Crippen LogP contribution in [0.4, 0.5) is 0 Å². The van der Waals surface area contributed by atoms with Crippen molar-refractivity contribution in [1.82, 2.24) is 4.98 Å². The van der Waals surface area contributed by atoms with Gasteiger partial charge in [0.05, 0.1) is 5.92 Å². The molecule has 0 bridgehead atoms. The maximum absolute atomic E-state index is 10.8. The molecule has 0 saturated carbocycles. The van der Waals surface area contributed by atoms with Gasteiger partial charge < -0.3 is 10.1 Å². The maximum atomic E-state index is 10.8. The van der Waals surface area contributed by atoms with Gasteiger partial charge in [0.2, 0.25) is 0 Å². The Bertz CT molecular complexity index is 574. The molecule has 0 aliphatic heterocycles. The predicted molar refractivity (Wildman–Crippen MR) is 68.5 cm³/mol. The Morgan fingerprint density at radius 3 is 2.82 bits per heavy atom. The molecule has 1 unspecified atom stereocenters. The Labute approximate surface area is 104 Å². The molecule has 3 nitrogen and oxygen atoms in total. The number of halogens is 1. The number of aliphatic carboxylic acids is 1. The third kappa shape index (κ3) is 2.44. The number of benzene rings is 1. The number of carboxylic acids is 1. The zero-order valence-corrected chi connectivity index (χ0v) is 10.5. The van der Waals surface area contributed by atoms with Crippen molar-refractivity contribution < 1.29 is 9.90 Å². The smallest absolute Gasteiger partial charge is 0.306 e. The lowest BCUT2D eigenvalue weighted by atomic mass is 10.0. The summed E-state index contributed by atoms with van der Waals surface area (Å²) in [6.07, 6.45) is 0.447. The molecule has 2 N–H and O–H groups in total. The number of hydrogen-bond donors (Lipinski definition) is 2. The molecule has 0 fully saturated rings. The van der Waals surface area contributed by atoms with Crippen LogP contribution in [0, 0.1) is 12.8 Å². The highest BCUT2D eigenvalue weighted by Crippen LogP contribution is 2.26. The molecule has 0 aliphatic rings. The largest absolute Gasteiger partial charge is 0.481 e. The number of H-pyrrole nitrogens is 1. The molecule has 2 rings (SSSR count). The molecule has 90 valence electrons. The van der Waals surface area contributed by atoms with Crippen molar-refractivity contribution in [3.63, 3.8) is 0 Å². The number of carboxylic acid groups (broad SMARTS) is 1. The lowest BCUT2D eigenvalue weighted by Crippen LogP contribution is -2.12. The van der Waals surface area contributed by atoms with E-state index in [-0.39, 0.29) is 0 Å². The van der Waals surface area contributed by atoms with Crippen LogP contribution >= 0.6 is 11.6 Å².